The molecule has 5 heteroatoms. The summed E-state index contributed by atoms with van der Waals surface area (Å²) >= 11 is 0. The molecule has 0 saturated heterocycles. The van der Waals surface area contributed by atoms with Crippen LogP contribution in [0.15, 0.2) is 18.2 Å². The summed E-state index contributed by atoms with van der Waals surface area (Å²) in [6, 6.07) is 5.17. The Kier molecular flexibility index (Phi) is 7.61. The number of carbonyl (C=O) groups excluding carboxylic acids is 1. The Morgan fingerprint density at radius 2 is 2.10 bits per heavy atom. The molecule has 3 N–H and O–H groups in total. The van der Waals surface area contributed by atoms with Gasteiger partial charge in [0.05, 0.1) is 29.6 Å². The number of esters is 1. The number of hydrogen-bond acceptors (Lipinski definition) is 5. The Balaban J connectivity index is 2.45. The predicted molar refractivity (Wildman–Crippen MR) is 85.6 cm³/mol. The number of nitrogens with two attached hydrogens (primary N) is 1. The van der Waals surface area contributed by atoms with Crippen LogP contribution >= 0.6 is 0 Å². The third kappa shape index (κ3) is 6.49. The molecule has 0 fully saturated rings. The number of nitrogens with one attached hydrogen (secondary N) is 1. The molecule has 118 valence electrons. The second-order valence-electron chi connectivity index (χ2n) is 5.14. The number of nitrogen functional groups attached to an aromatic ring is 1. The van der Waals surface area contributed by atoms with Crippen LogP contribution in [0, 0.1) is 0 Å². The molecule has 0 amide bonds. The predicted octanol–water partition coefficient (Wildman–Crippen LogP) is 3.06. The summed E-state index contributed by atoms with van der Waals surface area (Å²) in [7, 11) is 0. The lowest BCUT2D eigenvalue weighted by molar-refractivity contribution is 0.0505. The first-order valence-electron chi connectivity index (χ1n) is 7.46. The number of rotatable bonds is 9. The highest BCUT2D eigenvalue weighted by molar-refractivity contribution is 5.91. The Morgan fingerprint density at radius 3 is 2.71 bits per heavy atom. The van der Waals surface area contributed by atoms with Gasteiger partial charge in [0, 0.05) is 13.2 Å². The minimum Gasteiger partial charge on any atom is -0.462 e. The fraction of sp³-hybridized carbons (Fsp3) is 0.562. The first kappa shape index (κ1) is 17.3. The zero-order valence-corrected chi connectivity index (χ0v) is 13.1. The lowest BCUT2D eigenvalue weighted by atomic mass is 10.1. The largest absolute Gasteiger partial charge is 0.462 e. The van der Waals surface area contributed by atoms with E-state index in [-0.39, 0.29) is 12.1 Å². The summed E-state index contributed by atoms with van der Waals surface area (Å²) in [6.45, 7) is 7.90. The van der Waals surface area contributed by atoms with Gasteiger partial charge in [-0.15, -0.1) is 0 Å². The highest BCUT2D eigenvalue weighted by Gasteiger charge is 2.09. The van der Waals surface area contributed by atoms with Gasteiger partial charge < -0.3 is 20.5 Å². The van der Waals surface area contributed by atoms with Crippen LogP contribution in [-0.4, -0.2) is 31.8 Å². The number of anilines is 2. The van der Waals surface area contributed by atoms with Crippen LogP contribution in [0.25, 0.3) is 0 Å². The first-order chi connectivity index (χ1) is 10.0. The van der Waals surface area contributed by atoms with Gasteiger partial charge >= 0.3 is 5.97 Å². The zero-order valence-electron chi connectivity index (χ0n) is 13.1. The van der Waals surface area contributed by atoms with Gasteiger partial charge in [-0.2, -0.15) is 0 Å². The number of ether oxygens (including phenoxy) is 2. The molecule has 0 aliphatic carbocycles. The van der Waals surface area contributed by atoms with Crippen LogP contribution in [0.2, 0.25) is 0 Å². The number of hydrogen-bond donors (Lipinski definition) is 2. The van der Waals surface area contributed by atoms with Gasteiger partial charge in [-0.3, -0.25) is 0 Å². The molecule has 0 aliphatic rings. The van der Waals surface area contributed by atoms with Crippen molar-refractivity contribution in [2.24, 2.45) is 0 Å². The molecule has 0 aliphatic heterocycles. The van der Waals surface area contributed by atoms with Crippen molar-refractivity contribution in [1.82, 2.24) is 0 Å². The minimum absolute atomic E-state index is 0.253. The van der Waals surface area contributed by atoms with E-state index >= 15 is 0 Å². The van der Waals surface area contributed by atoms with Gasteiger partial charge in [-0.05, 0) is 44.9 Å². The molecule has 0 saturated carbocycles. The van der Waals surface area contributed by atoms with Crippen molar-refractivity contribution in [2.75, 3.05) is 30.8 Å². The van der Waals surface area contributed by atoms with Crippen LogP contribution in [0.1, 0.15) is 44.0 Å². The average Bonchev–Trinajstić information content (AvgIpc) is 2.45. The molecule has 5 nitrogen and oxygen atoms in total. The lowest BCUT2D eigenvalue weighted by Gasteiger charge is -2.12. The van der Waals surface area contributed by atoms with E-state index in [9.17, 15) is 4.79 Å². The fourth-order valence-corrected chi connectivity index (χ4v) is 1.74. The monoisotopic (exact) mass is 294 g/mol. The Bertz CT molecular complexity index is 447. The average molecular weight is 294 g/mol. The van der Waals surface area contributed by atoms with E-state index in [1.807, 2.05) is 20.8 Å². The molecule has 0 aromatic heterocycles. The first-order valence-corrected chi connectivity index (χ1v) is 7.46. The lowest BCUT2D eigenvalue weighted by Crippen LogP contribution is -2.11. The van der Waals surface area contributed by atoms with E-state index in [2.05, 4.69) is 5.32 Å². The van der Waals surface area contributed by atoms with E-state index in [0.717, 1.165) is 25.1 Å². The second-order valence-corrected chi connectivity index (χ2v) is 5.14. The topological polar surface area (TPSA) is 73.6 Å². The molecule has 21 heavy (non-hydrogen) atoms. The van der Waals surface area contributed by atoms with Crippen molar-refractivity contribution in [1.29, 1.82) is 0 Å². The van der Waals surface area contributed by atoms with Crippen molar-refractivity contribution < 1.29 is 14.3 Å². The van der Waals surface area contributed by atoms with E-state index in [1.54, 1.807) is 18.2 Å². The van der Waals surface area contributed by atoms with Gasteiger partial charge in [-0.1, -0.05) is 6.92 Å². The number of benzene rings is 1. The summed E-state index contributed by atoms with van der Waals surface area (Å²) < 4.78 is 10.5. The molecule has 0 heterocycles. The maximum atomic E-state index is 11.7. The highest BCUT2D eigenvalue weighted by Crippen LogP contribution is 2.20. The fourth-order valence-electron chi connectivity index (χ4n) is 1.74. The molecule has 0 spiro atoms. The molecule has 0 unspecified atom stereocenters. The minimum atomic E-state index is -0.333. The molecular formula is C16H26N2O3. The van der Waals surface area contributed by atoms with Gasteiger partial charge in [-0.25, -0.2) is 4.79 Å². The van der Waals surface area contributed by atoms with E-state index < -0.39 is 0 Å². The Hall–Kier alpha value is -1.75. The van der Waals surface area contributed by atoms with E-state index in [1.165, 1.54) is 0 Å². The zero-order chi connectivity index (χ0) is 15.7. The van der Waals surface area contributed by atoms with Crippen LogP contribution in [-0.2, 0) is 9.47 Å². The van der Waals surface area contributed by atoms with Crippen LogP contribution < -0.4 is 11.1 Å². The van der Waals surface area contributed by atoms with Gasteiger partial charge in [0.15, 0.2) is 0 Å². The summed E-state index contributed by atoms with van der Waals surface area (Å²) in [5.74, 6) is -0.333. The molecule has 0 atom stereocenters. The van der Waals surface area contributed by atoms with Crippen molar-refractivity contribution in [3.05, 3.63) is 23.8 Å². The second kappa shape index (κ2) is 9.23. The SMILES string of the molecule is CCCOC(=O)c1ccc(NCCCOC(C)C)c(N)c1. The van der Waals surface area contributed by atoms with Crippen molar-refractivity contribution in [3.63, 3.8) is 0 Å². The third-order valence-electron chi connectivity index (χ3n) is 2.81. The van der Waals surface area contributed by atoms with E-state index in [0.29, 0.717) is 24.5 Å². The molecule has 1 aromatic rings. The standard InChI is InChI=1S/C16H26N2O3/c1-4-9-21-16(19)13-6-7-15(14(17)11-13)18-8-5-10-20-12(2)3/h6-7,11-12,18H,4-5,8-10,17H2,1-3H3. The normalized spacial score (nSPS) is 10.7. The highest BCUT2D eigenvalue weighted by atomic mass is 16.5. The molecular weight excluding hydrogens is 268 g/mol. The summed E-state index contributed by atoms with van der Waals surface area (Å²) in [5.41, 5.74) is 7.80. The van der Waals surface area contributed by atoms with Gasteiger partial charge in [0.25, 0.3) is 0 Å². The maximum Gasteiger partial charge on any atom is 0.338 e. The Morgan fingerprint density at radius 1 is 1.33 bits per heavy atom. The molecule has 1 aromatic carbocycles. The third-order valence-corrected chi connectivity index (χ3v) is 2.81. The van der Waals surface area contributed by atoms with Crippen molar-refractivity contribution in [3.8, 4) is 0 Å². The quantitative estimate of drug-likeness (QED) is 0.416. The van der Waals surface area contributed by atoms with Crippen LogP contribution in [0.5, 0.6) is 0 Å². The molecule has 1 rings (SSSR count). The van der Waals surface area contributed by atoms with Crippen molar-refractivity contribution >= 4 is 17.3 Å². The number of carbonyl (C=O) groups is 1. The summed E-state index contributed by atoms with van der Waals surface area (Å²) in [4.78, 5) is 11.7. The van der Waals surface area contributed by atoms with E-state index in [4.69, 9.17) is 15.2 Å². The summed E-state index contributed by atoms with van der Waals surface area (Å²) in [6.07, 6.45) is 1.96. The molecule has 0 radical (unpaired) electrons. The van der Waals surface area contributed by atoms with Crippen LogP contribution in [0.4, 0.5) is 11.4 Å². The molecule has 0 bridgehead atoms. The van der Waals surface area contributed by atoms with Gasteiger partial charge in [0.1, 0.15) is 0 Å². The maximum absolute atomic E-state index is 11.7. The van der Waals surface area contributed by atoms with Crippen LogP contribution in [0.3, 0.4) is 0 Å². The smallest absolute Gasteiger partial charge is 0.338 e. The summed E-state index contributed by atoms with van der Waals surface area (Å²) in [5, 5.41) is 3.24. The Labute approximate surface area is 126 Å². The van der Waals surface area contributed by atoms with Gasteiger partial charge in [0.2, 0.25) is 0 Å². The van der Waals surface area contributed by atoms with Crippen molar-refractivity contribution in [2.45, 2.75) is 39.7 Å².